The van der Waals surface area contributed by atoms with Gasteiger partial charge >= 0.3 is 0 Å². The number of hydrogen-bond acceptors (Lipinski definition) is 8. The molecule has 2 amide bonds. The van der Waals surface area contributed by atoms with Crippen LogP contribution in [0.15, 0.2) is 52.0 Å². The maximum absolute atomic E-state index is 13.3. The Morgan fingerprint density at radius 2 is 2.00 bits per heavy atom. The molecule has 1 saturated heterocycles. The van der Waals surface area contributed by atoms with Crippen molar-refractivity contribution < 1.29 is 32.0 Å². The van der Waals surface area contributed by atoms with E-state index in [0.717, 1.165) is 4.31 Å². The number of furan rings is 1. The van der Waals surface area contributed by atoms with Crippen LogP contribution in [0.1, 0.15) is 49.2 Å². The second-order valence-electron chi connectivity index (χ2n) is 10.3. The highest BCUT2D eigenvalue weighted by atomic mass is 32.2. The maximum Gasteiger partial charge on any atom is 0.287 e. The molecule has 214 valence electrons. The zero-order valence-electron chi connectivity index (χ0n) is 23.0. The third-order valence-electron chi connectivity index (χ3n) is 6.76. The first-order valence-electron chi connectivity index (χ1n) is 13.1. The highest BCUT2D eigenvalue weighted by Gasteiger charge is 2.35. The van der Waals surface area contributed by atoms with Gasteiger partial charge in [0.15, 0.2) is 16.6 Å². The molecule has 2 aromatic heterocycles. The monoisotopic (exact) mass is 570 g/mol. The Kier molecular flexibility index (Phi) is 8.89. The molecule has 0 bridgehead atoms. The minimum atomic E-state index is -3.98. The number of ether oxygens (including phenoxy) is 1. The smallest absolute Gasteiger partial charge is 0.287 e. The van der Waals surface area contributed by atoms with E-state index in [1.54, 1.807) is 50.4 Å². The number of nitrogens with one attached hydrogen (secondary N) is 2. The first-order valence-corrected chi connectivity index (χ1v) is 14.6. The summed E-state index contributed by atoms with van der Waals surface area (Å²) in [7, 11) is -2.44. The van der Waals surface area contributed by atoms with Crippen molar-refractivity contribution in [3.63, 3.8) is 0 Å². The summed E-state index contributed by atoms with van der Waals surface area (Å²) in [5.74, 6) is -0.791. The van der Waals surface area contributed by atoms with Gasteiger partial charge in [0.25, 0.3) is 15.9 Å². The van der Waals surface area contributed by atoms with E-state index >= 15 is 0 Å². The van der Waals surface area contributed by atoms with Gasteiger partial charge in [-0.3, -0.25) is 14.4 Å². The van der Waals surface area contributed by atoms with E-state index in [4.69, 9.17) is 9.15 Å². The Morgan fingerprint density at radius 3 is 2.70 bits per heavy atom. The zero-order chi connectivity index (χ0) is 29.0. The number of ketones is 1. The van der Waals surface area contributed by atoms with Gasteiger partial charge in [0.05, 0.1) is 19.7 Å². The summed E-state index contributed by atoms with van der Waals surface area (Å²) in [4.78, 5) is 43.5. The van der Waals surface area contributed by atoms with Gasteiger partial charge in [-0.2, -0.15) is 4.31 Å². The second-order valence-corrected chi connectivity index (χ2v) is 12.2. The highest BCUT2D eigenvalue weighted by molar-refractivity contribution is 7.89. The van der Waals surface area contributed by atoms with Gasteiger partial charge in [0, 0.05) is 18.1 Å². The number of sulfonamides is 1. The SMILES string of the molecule is COc1ccc2oc(C(=O)NC(CC(C)C)C(=O)NC3CCCN(S(=O)(=O)c4ncccc4C)CC3=O)cc2c1. The maximum atomic E-state index is 13.3. The number of carbonyl (C=O) groups is 3. The van der Waals surface area contributed by atoms with Crippen LogP contribution in [0.4, 0.5) is 0 Å². The van der Waals surface area contributed by atoms with Gasteiger partial charge in [-0.05, 0) is 68.0 Å². The summed E-state index contributed by atoms with van der Waals surface area (Å²) < 4.78 is 38.4. The van der Waals surface area contributed by atoms with Crippen LogP contribution in [0.3, 0.4) is 0 Å². The lowest BCUT2D eigenvalue weighted by Gasteiger charge is -2.23. The van der Waals surface area contributed by atoms with E-state index in [-0.39, 0.29) is 36.2 Å². The minimum absolute atomic E-state index is 0.0426. The number of pyridine rings is 1. The predicted molar refractivity (Wildman–Crippen MR) is 147 cm³/mol. The van der Waals surface area contributed by atoms with Gasteiger partial charge < -0.3 is 19.8 Å². The molecular formula is C28H34N4O7S. The Bertz CT molecular complexity index is 1520. The Hall–Kier alpha value is -3.77. The number of carbonyl (C=O) groups excluding carboxylic acids is 3. The summed E-state index contributed by atoms with van der Waals surface area (Å²) in [6.07, 6.45) is 2.36. The molecule has 3 aromatic rings. The van der Waals surface area contributed by atoms with E-state index in [9.17, 15) is 22.8 Å². The molecule has 1 fully saturated rings. The molecule has 4 rings (SSSR count). The van der Waals surface area contributed by atoms with Gasteiger partial charge in [-0.1, -0.05) is 19.9 Å². The molecular weight excluding hydrogens is 536 g/mol. The van der Waals surface area contributed by atoms with Crippen molar-refractivity contribution in [3.05, 3.63) is 53.9 Å². The molecule has 40 heavy (non-hydrogen) atoms. The third-order valence-corrected chi connectivity index (χ3v) is 8.67. The Balaban J connectivity index is 1.45. The van der Waals surface area contributed by atoms with Crippen molar-refractivity contribution in [1.29, 1.82) is 0 Å². The first-order chi connectivity index (χ1) is 19.0. The first kappa shape index (κ1) is 29.2. The number of amides is 2. The second kappa shape index (κ2) is 12.2. The van der Waals surface area contributed by atoms with Crippen LogP contribution in [0.2, 0.25) is 0 Å². The molecule has 2 N–H and O–H groups in total. The van der Waals surface area contributed by atoms with Crippen molar-refractivity contribution in [2.45, 2.75) is 57.1 Å². The average Bonchev–Trinajstić information content (AvgIpc) is 3.25. The van der Waals surface area contributed by atoms with Crippen LogP contribution in [0, 0.1) is 12.8 Å². The number of rotatable bonds is 9. The van der Waals surface area contributed by atoms with Crippen LogP contribution >= 0.6 is 0 Å². The van der Waals surface area contributed by atoms with Crippen LogP contribution in [-0.2, 0) is 19.6 Å². The summed E-state index contributed by atoms with van der Waals surface area (Å²) in [6, 6.07) is 8.20. The summed E-state index contributed by atoms with van der Waals surface area (Å²) in [6.45, 7) is 5.22. The Morgan fingerprint density at radius 1 is 1.23 bits per heavy atom. The van der Waals surface area contributed by atoms with Crippen LogP contribution in [-0.4, -0.2) is 67.6 Å². The fourth-order valence-corrected chi connectivity index (χ4v) is 6.26. The molecule has 2 atom stereocenters. The van der Waals surface area contributed by atoms with Crippen molar-refractivity contribution >= 4 is 38.6 Å². The van der Waals surface area contributed by atoms with Crippen LogP contribution in [0.25, 0.3) is 11.0 Å². The molecule has 0 spiro atoms. The standard InChI is InChI=1S/C28H34N4O7S/c1-17(2)13-22(31-27(35)25-15-19-14-20(38-4)9-10-24(19)39-25)26(34)30-21-8-6-12-32(16-23(21)33)40(36,37)28-18(3)7-5-11-29-28/h5,7,9-11,14-15,17,21-22H,6,8,12-13,16H2,1-4H3,(H,30,34)(H,31,35). The van der Waals surface area contributed by atoms with E-state index < -0.39 is 39.7 Å². The van der Waals surface area contributed by atoms with Crippen molar-refractivity contribution in [1.82, 2.24) is 19.9 Å². The van der Waals surface area contributed by atoms with Crippen molar-refractivity contribution in [3.8, 4) is 5.75 Å². The topological polar surface area (TPSA) is 148 Å². The van der Waals surface area contributed by atoms with Gasteiger partial charge in [0.2, 0.25) is 5.91 Å². The van der Waals surface area contributed by atoms with E-state index in [2.05, 4.69) is 15.6 Å². The quantitative estimate of drug-likeness (QED) is 0.399. The largest absolute Gasteiger partial charge is 0.497 e. The van der Waals surface area contributed by atoms with E-state index in [0.29, 0.717) is 35.1 Å². The number of aryl methyl sites for hydroxylation is 1. The highest BCUT2D eigenvalue weighted by Crippen LogP contribution is 2.25. The lowest BCUT2D eigenvalue weighted by atomic mass is 10.0. The molecule has 0 aliphatic carbocycles. The van der Waals surface area contributed by atoms with Crippen molar-refractivity contribution in [2.24, 2.45) is 5.92 Å². The molecule has 3 heterocycles. The number of aromatic nitrogens is 1. The molecule has 12 heteroatoms. The molecule has 0 saturated carbocycles. The zero-order valence-corrected chi connectivity index (χ0v) is 23.8. The summed E-state index contributed by atoms with van der Waals surface area (Å²) in [5.41, 5.74) is 0.986. The van der Waals surface area contributed by atoms with Crippen molar-refractivity contribution in [2.75, 3.05) is 20.2 Å². The average molecular weight is 571 g/mol. The molecule has 2 unspecified atom stereocenters. The number of Topliss-reactive ketones (excluding diaryl/α,β-unsaturated/α-hetero) is 1. The van der Waals surface area contributed by atoms with Gasteiger partial charge in [-0.25, -0.2) is 13.4 Å². The van der Waals surface area contributed by atoms with Gasteiger partial charge in [0.1, 0.15) is 17.4 Å². The molecule has 1 aliphatic rings. The molecule has 1 aromatic carbocycles. The lowest BCUT2D eigenvalue weighted by Crippen LogP contribution is -2.52. The summed E-state index contributed by atoms with van der Waals surface area (Å²) in [5, 5.41) is 6.07. The molecule has 1 aliphatic heterocycles. The Labute approximate surface area is 233 Å². The molecule has 0 radical (unpaired) electrons. The van der Waals surface area contributed by atoms with Crippen LogP contribution in [0.5, 0.6) is 5.75 Å². The van der Waals surface area contributed by atoms with E-state index in [1.165, 1.54) is 6.20 Å². The normalized spacial score (nSPS) is 17.4. The summed E-state index contributed by atoms with van der Waals surface area (Å²) >= 11 is 0. The van der Waals surface area contributed by atoms with Crippen LogP contribution < -0.4 is 15.4 Å². The van der Waals surface area contributed by atoms with Gasteiger partial charge in [-0.15, -0.1) is 0 Å². The lowest BCUT2D eigenvalue weighted by molar-refractivity contribution is -0.129. The fraction of sp³-hybridized carbons (Fsp3) is 0.429. The molecule has 11 nitrogen and oxygen atoms in total. The van der Waals surface area contributed by atoms with E-state index in [1.807, 2.05) is 13.8 Å². The fourth-order valence-electron chi connectivity index (χ4n) is 4.68. The minimum Gasteiger partial charge on any atom is -0.497 e. The number of hydrogen-bond donors (Lipinski definition) is 2. The third kappa shape index (κ3) is 6.50. The number of methoxy groups -OCH3 is 1. The number of fused-ring (bicyclic) bond motifs is 1. The number of nitrogens with zero attached hydrogens (tertiary/aromatic N) is 2. The predicted octanol–water partition coefficient (Wildman–Crippen LogP) is 2.83. The number of benzene rings is 1.